The highest BCUT2D eigenvalue weighted by Gasteiger charge is 2.37. The van der Waals surface area contributed by atoms with Gasteiger partial charge in [0.1, 0.15) is 0 Å². The maximum Gasteiger partial charge on any atom is 0.230 e. The van der Waals surface area contributed by atoms with Gasteiger partial charge < -0.3 is 5.11 Å². The Kier molecular flexibility index (Phi) is 4.71. The van der Waals surface area contributed by atoms with E-state index in [9.17, 15) is 8.42 Å². The molecule has 0 bridgehead atoms. The smallest absolute Gasteiger partial charge is 0.230 e. The Morgan fingerprint density at radius 3 is 2.27 bits per heavy atom. The Morgan fingerprint density at radius 2 is 2.00 bits per heavy atom. The summed E-state index contributed by atoms with van der Waals surface area (Å²) in [7, 11) is -2.28. The first-order valence-corrected chi connectivity index (χ1v) is 6.22. The molecule has 15 heavy (non-hydrogen) atoms. The van der Waals surface area contributed by atoms with Crippen molar-refractivity contribution in [3.8, 4) is 6.07 Å². The van der Waals surface area contributed by atoms with Crippen LogP contribution in [0.25, 0.3) is 0 Å². The second kappa shape index (κ2) is 4.92. The van der Waals surface area contributed by atoms with Crippen molar-refractivity contribution in [3.05, 3.63) is 0 Å². The monoisotopic (exact) mass is 234 g/mol. The van der Waals surface area contributed by atoms with Crippen molar-refractivity contribution < 1.29 is 13.5 Å². The van der Waals surface area contributed by atoms with Gasteiger partial charge in [-0.05, 0) is 20.3 Å². The summed E-state index contributed by atoms with van der Waals surface area (Å²) in [6.45, 7) is 4.57. The number of hydrogen-bond donors (Lipinski definition) is 1. The summed E-state index contributed by atoms with van der Waals surface area (Å²) in [5.74, 6) is 0. The Labute approximate surface area is 91.4 Å². The second-order valence-corrected chi connectivity index (χ2v) is 6.16. The predicted molar refractivity (Wildman–Crippen MR) is 57.5 cm³/mol. The normalized spacial score (nSPS) is 15.0. The van der Waals surface area contributed by atoms with Gasteiger partial charge in [0.2, 0.25) is 10.0 Å². The molecule has 88 valence electrons. The fraction of sp³-hybridized carbons (Fsp3) is 0.889. The summed E-state index contributed by atoms with van der Waals surface area (Å²) >= 11 is 0. The average molecular weight is 234 g/mol. The summed E-state index contributed by atoms with van der Waals surface area (Å²) < 4.78 is 24.8. The minimum Gasteiger partial charge on any atom is -0.394 e. The van der Waals surface area contributed by atoms with Crippen LogP contribution >= 0.6 is 0 Å². The van der Waals surface area contributed by atoms with Crippen molar-refractivity contribution in [3.63, 3.8) is 0 Å². The third kappa shape index (κ3) is 2.91. The van der Waals surface area contributed by atoms with E-state index in [0.717, 1.165) is 4.31 Å². The third-order valence-electron chi connectivity index (χ3n) is 2.50. The minimum absolute atomic E-state index is 0.241. The molecule has 6 heteroatoms. The molecule has 0 aliphatic rings. The molecule has 0 heterocycles. The fourth-order valence-corrected chi connectivity index (χ4v) is 2.69. The number of hydrogen-bond acceptors (Lipinski definition) is 4. The molecule has 0 aliphatic heterocycles. The van der Waals surface area contributed by atoms with E-state index in [-0.39, 0.29) is 13.0 Å². The number of nitrogens with zero attached hydrogens (tertiary/aromatic N) is 2. The molecule has 5 nitrogen and oxygen atoms in total. The summed E-state index contributed by atoms with van der Waals surface area (Å²) in [5.41, 5.74) is -0.886. The number of aliphatic hydroxyl groups is 1. The average Bonchev–Trinajstić information content (AvgIpc) is 2.18. The topological polar surface area (TPSA) is 81.4 Å². The second-order valence-electron chi connectivity index (χ2n) is 4.01. The molecular formula is C9H18N2O3S. The molecule has 0 fully saturated rings. The molecule has 0 radical (unpaired) electrons. The van der Waals surface area contributed by atoms with Crippen LogP contribution in [-0.2, 0) is 10.0 Å². The van der Waals surface area contributed by atoms with Crippen molar-refractivity contribution in [1.82, 2.24) is 4.31 Å². The van der Waals surface area contributed by atoms with Crippen LogP contribution in [0.2, 0.25) is 0 Å². The largest absolute Gasteiger partial charge is 0.394 e. The van der Waals surface area contributed by atoms with Crippen LogP contribution in [0.4, 0.5) is 0 Å². The van der Waals surface area contributed by atoms with E-state index >= 15 is 0 Å². The molecule has 0 amide bonds. The zero-order valence-electron chi connectivity index (χ0n) is 9.56. The van der Waals surface area contributed by atoms with Crippen LogP contribution in [0.5, 0.6) is 0 Å². The highest BCUT2D eigenvalue weighted by molar-refractivity contribution is 7.90. The molecule has 1 N–H and O–H groups in total. The first kappa shape index (κ1) is 14.4. The molecule has 0 saturated carbocycles. The third-order valence-corrected chi connectivity index (χ3v) is 4.91. The maximum absolute atomic E-state index is 11.9. The van der Waals surface area contributed by atoms with Crippen molar-refractivity contribution in [2.75, 3.05) is 13.7 Å². The van der Waals surface area contributed by atoms with E-state index in [1.165, 1.54) is 7.05 Å². The van der Waals surface area contributed by atoms with Gasteiger partial charge in [0, 0.05) is 7.05 Å². The van der Waals surface area contributed by atoms with E-state index in [1.807, 2.05) is 0 Å². The van der Waals surface area contributed by atoms with Crippen molar-refractivity contribution >= 4 is 10.0 Å². The highest BCUT2D eigenvalue weighted by Crippen LogP contribution is 2.20. The lowest BCUT2D eigenvalue weighted by molar-refractivity contribution is 0.137. The van der Waals surface area contributed by atoms with Gasteiger partial charge in [-0.3, -0.25) is 0 Å². The standard InChI is InChI=1S/C9H18N2O3S/c1-5-8(6-10)15(13,14)11(4)9(2,3)7-12/h8,12H,5,7H2,1-4H3. The van der Waals surface area contributed by atoms with Crippen molar-refractivity contribution in [2.45, 2.75) is 38.0 Å². The van der Waals surface area contributed by atoms with Gasteiger partial charge in [-0.1, -0.05) is 6.92 Å². The lowest BCUT2D eigenvalue weighted by Crippen LogP contribution is -2.50. The van der Waals surface area contributed by atoms with Crippen LogP contribution in [0, 0.1) is 11.3 Å². The van der Waals surface area contributed by atoms with Gasteiger partial charge in [-0.2, -0.15) is 9.57 Å². The number of sulfonamides is 1. The zero-order chi connectivity index (χ0) is 12.3. The molecule has 1 unspecified atom stereocenters. The molecule has 0 aromatic heterocycles. The Hall–Kier alpha value is -0.640. The maximum atomic E-state index is 11.9. The molecule has 0 aromatic carbocycles. The molecular weight excluding hydrogens is 216 g/mol. The van der Waals surface area contributed by atoms with Crippen molar-refractivity contribution in [2.24, 2.45) is 0 Å². The molecule has 0 spiro atoms. The lowest BCUT2D eigenvalue weighted by Gasteiger charge is -2.33. The Morgan fingerprint density at radius 1 is 1.53 bits per heavy atom. The Balaban J connectivity index is 5.16. The molecule has 0 saturated heterocycles. The van der Waals surface area contributed by atoms with Gasteiger partial charge >= 0.3 is 0 Å². The Bertz CT molecular complexity index is 343. The van der Waals surface area contributed by atoms with Crippen molar-refractivity contribution in [1.29, 1.82) is 5.26 Å². The van der Waals surface area contributed by atoms with E-state index in [0.29, 0.717) is 0 Å². The predicted octanol–water partition coefficient (Wildman–Crippen LogP) is 0.321. The minimum atomic E-state index is -3.66. The summed E-state index contributed by atoms with van der Waals surface area (Å²) in [6, 6.07) is 1.76. The van der Waals surface area contributed by atoms with E-state index in [1.54, 1.807) is 26.8 Å². The van der Waals surface area contributed by atoms with Gasteiger partial charge in [0.15, 0.2) is 5.25 Å². The summed E-state index contributed by atoms with van der Waals surface area (Å²) in [5, 5.41) is 16.7. The summed E-state index contributed by atoms with van der Waals surface area (Å²) in [6.07, 6.45) is 0.241. The molecule has 1 atom stereocenters. The van der Waals surface area contributed by atoms with E-state index in [4.69, 9.17) is 10.4 Å². The van der Waals surface area contributed by atoms with E-state index in [2.05, 4.69) is 0 Å². The lowest BCUT2D eigenvalue weighted by atomic mass is 10.1. The quantitative estimate of drug-likeness (QED) is 0.742. The molecule has 0 aliphatic carbocycles. The van der Waals surface area contributed by atoms with Crippen LogP contribution in [-0.4, -0.2) is 42.3 Å². The zero-order valence-corrected chi connectivity index (χ0v) is 10.4. The van der Waals surface area contributed by atoms with Crippen LogP contribution in [0.1, 0.15) is 27.2 Å². The first-order valence-electron chi connectivity index (χ1n) is 4.72. The van der Waals surface area contributed by atoms with Gasteiger partial charge in [0.05, 0.1) is 18.2 Å². The van der Waals surface area contributed by atoms with Gasteiger partial charge in [0.25, 0.3) is 0 Å². The number of nitriles is 1. The highest BCUT2D eigenvalue weighted by atomic mass is 32.2. The number of rotatable bonds is 5. The van der Waals surface area contributed by atoms with Crippen LogP contribution < -0.4 is 0 Å². The molecule has 0 aromatic rings. The SMILES string of the molecule is CCC(C#N)S(=O)(=O)N(C)C(C)(C)CO. The fourth-order valence-electron chi connectivity index (χ4n) is 1.00. The van der Waals surface area contributed by atoms with Crippen LogP contribution in [0.3, 0.4) is 0 Å². The summed E-state index contributed by atoms with van der Waals surface area (Å²) in [4.78, 5) is 0. The number of aliphatic hydroxyl groups excluding tert-OH is 1. The van der Waals surface area contributed by atoms with Gasteiger partial charge in [-0.25, -0.2) is 8.42 Å². The number of likely N-dealkylation sites (N-methyl/N-ethyl adjacent to an activating group) is 1. The van der Waals surface area contributed by atoms with E-state index < -0.39 is 20.8 Å². The first-order chi connectivity index (χ1) is 6.73. The van der Waals surface area contributed by atoms with Gasteiger partial charge in [-0.15, -0.1) is 0 Å². The van der Waals surface area contributed by atoms with Crippen LogP contribution in [0.15, 0.2) is 0 Å². The molecule has 0 rings (SSSR count).